The fraction of sp³-hybridized carbons (Fsp3) is 0.333. The highest BCUT2D eigenvalue weighted by Crippen LogP contribution is 2.30. The van der Waals surface area contributed by atoms with Crippen molar-refractivity contribution in [2.75, 3.05) is 26.8 Å². The lowest BCUT2D eigenvalue weighted by molar-refractivity contribution is -0.137. The van der Waals surface area contributed by atoms with Gasteiger partial charge >= 0.3 is 0 Å². The van der Waals surface area contributed by atoms with Gasteiger partial charge in [-0.3, -0.25) is 24.5 Å². The zero-order valence-electron chi connectivity index (χ0n) is 20.5. The topological polar surface area (TPSA) is 131 Å². The van der Waals surface area contributed by atoms with Crippen molar-refractivity contribution in [2.24, 2.45) is 5.73 Å². The highest BCUT2D eigenvalue weighted by Gasteiger charge is 2.39. The van der Waals surface area contributed by atoms with Gasteiger partial charge in [-0.15, -0.1) is 0 Å². The van der Waals surface area contributed by atoms with Gasteiger partial charge in [-0.25, -0.2) is 0 Å². The lowest BCUT2D eigenvalue weighted by Crippen LogP contribution is -2.52. The Balaban J connectivity index is 1.52. The Labute approximate surface area is 220 Å². The molecule has 4 N–H and O–H groups in total. The lowest BCUT2D eigenvalue weighted by Gasteiger charge is -2.29. The Morgan fingerprint density at radius 2 is 2.03 bits per heavy atom. The van der Waals surface area contributed by atoms with Crippen molar-refractivity contribution in [2.45, 2.75) is 31.8 Å². The molecule has 2 aromatic carbocycles. The number of hydrogen-bond acceptors (Lipinski definition) is 6. The highest BCUT2D eigenvalue weighted by molar-refractivity contribution is 6.32. The fourth-order valence-electron chi connectivity index (χ4n) is 4.52. The second-order valence-electron chi connectivity index (χ2n) is 9.01. The number of rotatable bonds is 10. The number of amides is 4. The van der Waals surface area contributed by atoms with Crippen molar-refractivity contribution in [3.05, 3.63) is 69.2 Å². The van der Waals surface area contributed by atoms with E-state index in [-0.39, 0.29) is 30.4 Å². The van der Waals surface area contributed by atoms with Crippen LogP contribution in [0.1, 0.15) is 45.5 Å². The van der Waals surface area contributed by atoms with E-state index in [2.05, 4.69) is 10.6 Å². The molecule has 0 radical (unpaired) electrons. The van der Waals surface area contributed by atoms with E-state index in [0.717, 1.165) is 17.7 Å². The number of halogens is 1. The van der Waals surface area contributed by atoms with Crippen LogP contribution in [0.2, 0.25) is 5.02 Å². The standard InChI is InChI=1S/C27H29ClN4O5/c1-30-9-11-37-10-8-17-3-4-18(14-22(17)28)21(25(29)34)13-16-2-5-20-19(12-16)15-32(27(20)36)23-6-7-24(33)31-26(23)35/h2-5,12-14,23,30H,6-11,15H2,1H3,(H2,29,34)(H,31,33,35). The first kappa shape index (κ1) is 26.5. The van der Waals surface area contributed by atoms with Gasteiger partial charge in [0.25, 0.3) is 5.91 Å². The first-order valence-corrected chi connectivity index (χ1v) is 12.5. The monoisotopic (exact) mass is 524 g/mol. The predicted octanol–water partition coefficient (Wildman–Crippen LogP) is 1.91. The smallest absolute Gasteiger partial charge is 0.255 e. The molecule has 0 spiro atoms. The quantitative estimate of drug-likeness (QED) is 0.188. The van der Waals surface area contributed by atoms with E-state index < -0.39 is 17.9 Å². The number of nitrogens with zero attached hydrogens (tertiary/aromatic N) is 1. The van der Waals surface area contributed by atoms with Crippen molar-refractivity contribution in [3.8, 4) is 0 Å². The molecular weight excluding hydrogens is 496 g/mol. The van der Waals surface area contributed by atoms with Crippen molar-refractivity contribution in [1.82, 2.24) is 15.5 Å². The number of benzene rings is 2. The van der Waals surface area contributed by atoms with Crippen LogP contribution in [-0.4, -0.2) is 61.4 Å². The highest BCUT2D eigenvalue weighted by atomic mass is 35.5. The summed E-state index contributed by atoms with van der Waals surface area (Å²) in [6, 6.07) is 9.89. The van der Waals surface area contributed by atoms with Gasteiger partial charge in [-0.2, -0.15) is 0 Å². The molecule has 9 nitrogen and oxygen atoms in total. The minimum Gasteiger partial charge on any atom is -0.380 e. The molecule has 0 bridgehead atoms. The Bertz CT molecular complexity index is 1280. The van der Waals surface area contributed by atoms with Crippen LogP contribution in [-0.2, 0) is 32.1 Å². The summed E-state index contributed by atoms with van der Waals surface area (Å²) in [7, 11) is 1.86. The van der Waals surface area contributed by atoms with Gasteiger partial charge in [0.15, 0.2) is 0 Å². The molecule has 2 aliphatic rings. The minimum atomic E-state index is -0.688. The maximum Gasteiger partial charge on any atom is 0.255 e. The number of hydrogen-bond donors (Lipinski definition) is 3. The summed E-state index contributed by atoms with van der Waals surface area (Å²) < 4.78 is 5.56. The normalized spacial score (nSPS) is 17.7. The maximum absolute atomic E-state index is 12.9. The third-order valence-corrected chi connectivity index (χ3v) is 6.85. The number of piperidine rings is 1. The summed E-state index contributed by atoms with van der Waals surface area (Å²) in [5.41, 5.74) is 9.38. The molecule has 2 heterocycles. The Morgan fingerprint density at radius 3 is 2.73 bits per heavy atom. The number of primary amides is 1. The average molecular weight is 525 g/mol. The van der Waals surface area contributed by atoms with Crippen molar-refractivity contribution < 1.29 is 23.9 Å². The van der Waals surface area contributed by atoms with Gasteiger partial charge in [0.1, 0.15) is 6.04 Å². The summed E-state index contributed by atoms with van der Waals surface area (Å²) in [4.78, 5) is 50.5. The molecule has 4 amide bonds. The number of nitrogens with one attached hydrogen (secondary N) is 2. The second-order valence-corrected chi connectivity index (χ2v) is 9.42. The molecule has 0 saturated carbocycles. The van der Waals surface area contributed by atoms with E-state index >= 15 is 0 Å². The molecule has 37 heavy (non-hydrogen) atoms. The Morgan fingerprint density at radius 1 is 1.22 bits per heavy atom. The molecule has 1 unspecified atom stereocenters. The molecular formula is C27H29ClN4O5. The molecule has 2 aliphatic heterocycles. The van der Waals surface area contributed by atoms with Gasteiger partial charge in [0.05, 0.1) is 13.2 Å². The molecule has 2 aromatic rings. The molecule has 1 saturated heterocycles. The van der Waals surface area contributed by atoms with Gasteiger partial charge < -0.3 is 20.7 Å². The van der Waals surface area contributed by atoms with Gasteiger partial charge in [-0.1, -0.05) is 29.8 Å². The second kappa shape index (κ2) is 11.7. The zero-order chi connectivity index (χ0) is 26.5. The van der Waals surface area contributed by atoms with E-state index in [1.165, 1.54) is 4.90 Å². The minimum absolute atomic E-state index is 0.192. The molecule has 1 atom stereocenters. The van der Waals surface area contributed by atoms with Crippen LogP contribution in [0.15, 0.2) is 36.4 Å². The number of nitrogens with two attached hydrogens (primary N) is 1. The van der Waals surface area contributed by atoms with Gasteiger partial charge in [-0.05, 0) is 66.4 Å². The van der Waals surface area contributed by atoms with Crippen LogP contribution in [0, 0.1) is 0 Å². The molecule has 1 fully saturated rings. The van der Waals surface area contributed by atoms with Crippen molar-refractivity contribution >= 4 is 46.9 Å². The van der Waals surface area contributed by atoms with Crippen molar-refractivity contribution in [1.29, 1.82) is 0 Å². The van der Waals surface area contributed by atoms with Gasteiger partial charge in [0, 0.05) is 35.7 Å². The van der Waals surface area contributed by atoms with E-state index in [1.807, 2.05) is 13.1 Å². The summed E-state index contributed by atoms with van der Waals surface area (Å²) in [5, 5.41) is 5.83. The van der Waals surface area contributed by atoms with Crippen LogP contribution < -0.4 is 16.4 Å². The number of imide groups is 1. The number of carbonyl (C=O) groups is 4. The predicted molar refractivity (Wildman–Crippen MR) is 139 cm³/mol. The summed E-state index contributed by atoms with van der Waals surface area (Å²) in [6.45, 7) is 2.15. The molecule has 194 valence electrons. The maximum atomic E-state index is 12.9. The number of carbonyl (C=O) groups excluding carboxylic acids is 4. The molecule has 10 heteroatoms. The fourth-order valence-corrected chi connectivity index (χ4v) is 4.80. The van der Waals surface area contributed by atoms with Crippen LogP contribution in [0.4, 0.5) is 0 Å². The Kier molecular flexibility index (Phi) is 8.38. The van der Waals surface area contributed by atoms with Crippen LogP contribution in [0.3, 0.4) is 0 Å². The zero-order valence-corrected chi connectivity index (χ0v) is 21.3. The van der Waals surface area contributed by atoms with Gasteiger partial charge in [0.2, 0.25) is 17.7 Å². The lowest BCUT2D eigenvalue weighted by atomic mass is 9.98. The van der Waals surface area contributed by atoms with Crippen LogP contribution in [0.5, 0.6) is 0 Å². The average Bonchev–Trinajstić information content (AvgIpc) is 3.18. The van der Waals surface area contributed by atoms with Crippen molar-refractivity contribution in [3.63, 3.8) is 0 Å². The summed E-state index contributed by atoms with van der Waals surface area (Å²) in [6.07, 6.45) is 2.79. The van der Waals surface area contributed by atoms with E-state index in [9.17, 15) is 19.2 Å². The first-order valence-electron chi connectivity index (χ1n) is 12.1. The van der Waals surface area contributed by atoms with E-state index in [1.54, 1.807) is 36.4 Å². The molecule has 0 aromatic heterocycles. The van der Waals surface area contributed by atoms with Crippen LogP contribution in [0.25, 0.3) is 11.6 Å². The van der Waals surface area contributed by atoms with E-state index in [4.69, 9.17) is 22.1 Å². The number of likely N-dealkylation sites (N-methyl/N-ethyl adjacent to an activating group) is 1. The molecule has 4 rings (SSSR count). The summed E-state index contributed by atoms with van der Waals surface area (Å²) >= 11 is 6.48. The Hall–Kier alpha value is -3.53. The largest absolute Gasteiger partial charge is 0.380 e. The molecule has 0 aliphatic carbocycles. The third kappa shape index (κ3) is 6.07. The summed E-state index contributed by atoms with van der Waals surface area (Å²) in [5.74, 6) is -1.66. The number of ether oxygens (including phenoxy) is 1. The third-order valence-electron chi connectivity index (χ3n) is 6.50. The number of fused-ring (bicyclic) bond motifs is 1. The van der Waals surface area contributed by atoms with Crippen LogP contribution >= 0.6 is 11.6 Å². The van der Waals surface area contributed by atoms with E-state index in [0.29, 0.717) is 47.8 Å². The SMILES string of the molecule is CNCCOCCc1ccc(C(=Cc2ccc3c(c2)CN(C2CCC(=O)NC2=O)C3=O)C(N)=O)cc1Cl. The first-order chi connectivity index (χ1) is 17.8.